The van der Waals surface area contributed by atoms with Gasteiger partial charge in [0, 0.05) is 0 Å². The molecule has 1 heterocycles. The first-order valence-electron chi connectivity index (χ1n) is 9.06. The van der Waals surface area contributed by atoms with Gasteiger partial charge in [0.25, 0.3) is 5.91 Å². The van der Waals surface area contributed by atoms with E-state index in [-0.39, 0.29) is 12.5 Å². The lowest BCUT2D eigenvalue weighted by molar-refractivity contribution is -0.121. The monoisotopic (exact) mass is 364 g/mol. The van der Waals surface area contributed by atoms with Crippen molar-refractivity contribution in [3.05, 3.63) is 59.9 Å². The Morgan fingerprint density at radius 3 is 2.67 bits per heavy atom. The maximum absolute atomic E-state index is 12.3. The highest BCUT2D eigenvalue weighted by molar-refractivity contribution is 5.99. The van der Waals surface area contributed by atoms with Crippen molar-refractivity contribution in [2.75, 3.05) is 6.61 Å². The lowest BCUT2D eigenvalue weighted by Gasteiger charge is -2.07. The smallest absolute Gasteiger partial charge is 0.260 e. The zero-order valence-corrected chi connectivity index (χ0v) is 15.9. The number of aromatic nitrogens is 2. The minimum absolute atomic E-state index is 0.174. The summed E-state index contributed by atoms with van der Waals surface area (Å²) in [6.45, 7) is 6.70. The molecule has 0 atom stereocenters. The van der Waals surface area contributed by atoms with E-state index in [2.05, 4.69) is 22.4 Å². The molecule has 1 aromatic heterocycles. The summed E-state index contributed by atoms with van der Waals surface area (Å²) in [5.41, 5.74) is 6.12. The number of carbonyl (C=O) groups is 1. The van der Waals surface area contributed by atoms with E-state index < -0.39 is 0 Å². The van der Waals surface area contributed by atoms with Crippen molar-refractivity contribution < 1.29 is 9.53 Å². The minimum Gasteiger partial charge on any atom is -0.494 e. The van der Waals surface area contributed by atoms with Crippen LogP contribution in [0.25, 0.3) is 11.0 Å². The highest BCUT2D eigenvalue weighted by Gasteiger charge is 2.10. The van der Waals surface area contributed by atoms with E-state index in [4.69, 9.17) is 4.74 Å². The van der Waals surface area contributed by atoms with Gasteiger partial charge in [0.15, 0.2) is 0 Å². The molecular formula is C21H24N4O2. The summed E-state index contributed by atoms with van der Waals surface area (Å²) in [5, 5.41) is 4.22. The number of para-hydroxylation sites is 2. The van der Waals surface area contributed by atoms with Crippen LogP contribution >= 0.6 is 0 Å². The highest BCUT2D eigenvalue weighted by atomic mass is 16.5. The van der Waals surface area contributed by atoms with Gasteiger partial charge in [-0.2, -0.15) is 5.10 Å². The fraction of sp³-hybridized carbons (Fsp3) is 0.286. The lowest BCUT2D eigenvalue weighted by atomic mass is 10.1. The molecule has 6 heteroatoms. The maximum atomic E-state index is 12.3. The average molecular weight is 364 g/mol. The van der Waals surface area contributed by atoms with Crippen LogP contribution < -0.4 is 10.2 Å². The van der Waals surface area contributed by atoms with E-state index in [1.165, 1.54) is 0 Å². The Kier molecular flexibility index (Phi) is 5.86. The number of hydrazone groups is 1. The minimum atomic E-state index is -0.191. The second kappa shape index (κ2) is 8.49. The zero-order valence-electron chi connectivity index (χ0n) is 15.9. The predicted molar refractivity (Wildman–Crippen MR) is 107 cm³/mol. The van der Waals surface area contributed by atoms with Gasteiger partial charge in [-0.15, -0.1) is 0 Å². The van der Waals surface area contributed by atoms with Crippen LogP contribution in [0.2, 0.25) is 0 Å². The third kappa shape index (κ3) is 4.53. The number of benzene rings is 2. The molecule has 0 bridgehead atoms. The molecule has 1 N–H and O–H groups in total. The Bertz CT molecular complexity index is 958. The van der Waals surface area contributed by atoms with Crippen molar-refractivity contribution in [2.45, 2.75) is 33.7 Å². The first-order valence-corrected chi connectivity index (χ1v) is 9.06. The van der Waals surface area contributed by atoms with Gasteiger partial charge < -0.3 is 9.30 Å². The van der Waals surface area contributed by atoms with Gasteiger partial charge in [0.2, 0.25) is 0 Å². The van der Waals surface area contributed by atoms with Crippen LogP contribution in [-0.4, -0.2) is 27.8 Å². The van der Waals surface area contributed by atoms with Crippen molar-refractivity contribution >= 4 is 22.7 Å². The number of imidazole rings is 1. The molecule has 0 saturated heterocycles. The molecule has 1 amide bonds. The molecule has 0 aliphatic rings. The van der Waals surface area contributed by atoms with Crippen molar-refractivity contribution in [3.63, 3.8) is 0 Å². The molecule has 140 valence electrons. The van der Waals surface area contributed by atoms with Gasteiger partial charge in [-0.05, 0) is 62.2 Å². The summed E-state index contributed by atoms with van der Waals surface area (Å²) >= 11 is 0. The van der Waals surface area contributed by atoms with Crippen molar-refractivity contribution in [1.82, 2.24) is 15.0 Å². The Morgan fingerprint density at radius 2 is 1.93 bits per heavy atom. The molecule has 0 saturated carbocycles. The number of rotatable bonds is 7. The molecule has 0 aliphatic heterocycles. The topological polar surface area (TPSA) is 68.5 Å². The number of aryl methyl sites for hydroxylation is 1. The Hall–Kier alpha value is -3.15. The van der Waals surface area contributed by atoms with Gasteiger partial charge in [-0.3, -0.25) is 4.79 Å². The average Bonchev–Trinajstić information content (AvgIpc) is 3.00. The summed E-state index contributed by atoms with van der Waals surface area (Å²) in [6, 6.07) is 15.5. The second-order valence-electron chi connectivity index (χ2n) is 6.34. The van der Waals surface area contributed by atoms with Crippen molar-refractivity contribution in [3.8, 4) is 5.75 Å². The second-order valence-corrected chi connectivity index (χ2v) is 6.34. The Balaban J connectivity index is 1.64. The highest BCUT2D eigenvalue weighted by Crippen LogP contribution is 2.15. The van der Waals surface area contributed by atoms with Crippen LogP contribution in [0.3, 0.4) is 0 Å². The van der Waals surface area contributed by atoms with Gasteiger partial charge >= 0.3 is 0 Å². The molecule has 3 rings (SSSR count). The third-order valence-corrected chi connectivity index (χ3v) is 4.24. The lowest BCUT2D eigenvalue weighted by Crippen LogP contribution is -2.24. The molecule has 0 spiro atoms. The first-order chi connectivity index (χ1) is 13.1. The van der Waals surface area contributed by atoms with E-state index in [0.29, 0.717) is 6.61 Å². The van der Waals surface area contributed by atoms with Gasteiger partial charge in [-0.1, -0.05) is 19.1 Å². The number of hydrogen-bond acceptors (Lipinski definition) is 4. The largest absolute Gasteiger partial charge is 0.494 e. The number of hydrogen-bond donors (Lipinski definition) is 1. The molecule has 6 nitrogen and oxygen atoms in total. The number of nitrogens with one attached hydrogen (secondary N) is 1. The maximum Gasteiger partial charge on any atom is 0.260 e. The molecule has 3 aromatic rings. The van der Waals surface area contributed by atoms with E-state index in [9.17, 15) is 4.79 Å². The van der Waals surface area contributed by atoms with E-state index in [0.717, 1.165) is 40.3 Å². The molecule has 0 aliphatic carbocycles. The summed E-state index contributed by atoms with van der Waals surface area (Å²) in [7, 11) is 0. The fourth-order valence-corrected chi connectivity index (χ4v) is 2.80. The summed E-state index contributed by atoms with van der Waals surface area (Å²) in [6.07, 6.45) is 0.972. The number of nitrogens with zero attached hydrogens (tertiary/aromatic N) is 3. The molecule has 2 aromatic carbocycles. The number of ether oxygens (including phenoxy) is 1. The van der Waals surface area contributed by atoms with E-state index in [1.807, 2.05) is 66.9 Å². The van der Waals surface area contributed by atoms with Crippen LogP contribution in [0.15, 0.2) is 53.6 Å². The van der Waals surface area contributed by atoms with Gasteiger partial charge in [0.1, 0.15) is 18.1 Å². The predicted octanol–water partition coefficient (Wildman–Crippen LogP) is 3.67. The summed E-state index contributed by atoms with van der Waals surface area (Å²) in [4.78, 5) is 16.8. The van der Waals surface area contributed by atoms with Crippen LogP contribution in [-0.2, 0) is 11.3 Å². The normalized spacial score (nSPS) is 11.6. The van der Waals surface area contributed by atoms with Crippen LogP contribution in [0.4, 0.5) is 0 Å². The Morgan fingerprint density at radius 1 is 1.19 bits per heavy atom. The van der Waals surface area contributed by atoms with Crippen LogP contribution in [0.5, 0.6) is 5.75 Å². The van der Waals surface area contributed by atoms with E-state index in [1.54, 1.807) is 0 Å². The van der Waals surface area contributed by atoms with Crippen LogP contribution in [0.1, 0.15) is 31.7 Å². The quantitative estimate of drug-likeness (QED) is 0.514. The summed E-state index contributed by atoms with van der Waals surface area (Å²) in [5.74, 6) is 1.44. The van der Waals surface area contributed by atoms with Crippen molar-refractivity contribution in [1.29, 1.82) is 0 Å². The molecule has 0 fully saturated rings. The number of carbonyl (C=O) groups excluding carboxylic acids is 1. The fourth-order valence-electron chi connectivity index (χ4n) is 2.80. The third-order valence-electron chi connectivity index (χ3n) is 4.24. The SMILES string of the molecule is CCCOc1ccc(/C(C)=N/NC(=O)Cn2c(C)nc3ccccc32)cc1. The zero-order chi connectivity index (χ0) is 19.2. The van der Waals surface area contributed by atoms with Crippen molar-refractivity contribution in [2.24, 2.45) is 5.10 Å². The van der Waals surface area contributed by atoms with Gasteiger partial charge in [-0.25, -0.2) is 10.4 Å². The van der Waals surface area contributed by atoms with Crippen LogP contribution in [0, 0.1) is 6.92 Å². The molecular weight excluding hydrogens is 340 g/mol. The molecule has 27 heavy (non-hydrogen) atoms. The first kappa shape index (κ1) is 18.6. The molecule has 0 unspecified atom stereocenters. The standard InChI is InChI=1S/C21H24N4O2/c1-4-13-27-18-11-9-17(10-12-18)15(2)23-24-21(26)14-25-16(3)22-19-7-5-6-8-20(19)25/h5-12H,4,13-14H2,1-3H3,(H,24,26)/b23-15+. The number of amides is 1. The Labute approximate surface area is 158 Å². The summed E-state index contributed by atoms with van der Waals surface area (Å²) < 4.78 is 7.46. The number of fused-ring (bicyclic) bond motifs is 1. The van der Waals surface area contributed by atoms with Gasteiger partial charge in [0.05, 0.1) is 23.4 Å². The molecule has 0 radical (unpaired) electrons. The van der Waals surface area contributed by atoms with E-state index >= 15 is 0 Å².